The molecule has 470 valence electrons. The van der Waals surface area contributed by atoms with E-state index in [1.165, 1.54) is 28.4 Å². The van der Waals surface area contributed by atoms with E-state index in [9.17, 15) is 43.5 Å². The number of nitrogens with zero attached hydrogens (tertiary/aromatic N) is 4. The van der Waals surface area contributed by atoms with E-state index in [4.69, 9.17) is 28.7 Å². The molecule has 84 heavy (non-hydrogen) atoms. The van der Waals surface area contributed by atoms with Crippen LogP contribution in [0.1, 0.15) is 153 Å². The molecule has 0 aliphatic carbocycles. The maximum Gasteiger partial charge on any atom is 0.426 e. The largest absolute Gasteiger partial charge is 0.508 e. The SMILES string of the molecule is CCCOC(CC(C(C)C)N(CCC)C(=O)[C@@H](NC(=O)[C@H]1CCCCN1C)[C@@H](C)CC)c1nc(C(=O)N[C@@H](Cc2ccc(O)cc2)C[C@H](C)C(=O)NNC(=O)OCCOCCOCCOCCNC(=O)CCCCCN2C(=O)C=CC2=O)cs1. The molecule has 0 saturated carbocycles. The predicted molar refractivity (Wildman–Crippen MR) is 317 cm³/mol. The number of ether oxygens (including phenoxy) is 5. The third-order valence-electron chi connectivity index (χ3n) is 14.9. The summed E-state index contributed by atoms with van der Waals surface area (Å²) in [6.45, 7) is 17.8. The molecule has 1 saturated heterocycles. The third kappa shape index (κ3) is 24.9. The van der Waals surface area contributed by atoms with Gasteiger partial charge >= 0.3 is 6.09 Å². The van der Waals surface area contributed by atoms with Crippen molar-refractivity contribution in [2.45, 2.75) is 162 Å². The molecule has 2 aromatic rings. The molecule has 0 radical (unpaired) electrons. The number of aromatic hydroxyl groups is 1. The van der Waals surface area contributed by atoms with Gasteiger partial charge in [0.2, 0.25) is 23.6 Å². The first-order valence-electron chi connectivity index (χ1n) is 30.1. The number of rotatable bonds is 40. The van der Waals surface area contributed by atoms with Crippen molar-refractivity contribution in [3.05, 3.63) is 58.1 Å². The molecule has 1 aromatic heterocycles. The van der Waals surface area contributed by atoms with Gasteiger partial charge in [-0.3, -0.25) is 48.8 Å². The molecule has 1 fully saturated rings. The monoisotopic (exact) mass is 1200 g/mol. The smallest absolute Gasteiger partial charge is 0.426 e. The number of imide groups is 1. The number of hydrazine groups is 1. The third-order valence-corrected chi connectivity index (χ3v) is 15.8. The summed E-state index contributed by atoms with van der Waals surface area (Å²) in [5.74, 6) is -2.63. The van der Waals surface area contributed by atoms with E-state index in [0.717, 1.165) is 44.2 Å². The number of hydrogen-bond acceptors (Lipinski definition) is 17. The highest BCUT2D eigenvalue weighted by Crippen LogP contribution is 2.32. The van der Waals surface area contributed by atoms with Crippen molar-refractivity contribution in [2.75, 3.05) is 86.1 Å². The summed E-state index contributed by atoms with van der Waals surface area (Å²) >= 11 is 1.30. The van der Waals surface area contributed by atoms with Crippen LogP contribution < -0.4 is 26.8 Å². The van der Waals surface area contributed by atoms with E-state index in [0.29, 0.717) is 96.0 Å². The summed E-state index contributed by atoms with van der Waals surface area (Å²) in [6.07, 6.45) is 9.22. The van der Waals surface area contributed by atoms with Crippen molar-refractivity contribution >= 4 is 58.8 Å². The van der Waals surface area contributed by atoms with Gasteiger partial charge in [-0.05, 0) is 94.5 Å². The molecule has 1 aromatic carbocycles. The number of benzene rings is 1. The Morgan fingerprint density at radius 2 is 1.49 bits per heavy atom. The lowest BCUT2D eigenvalue weighted by atomic mass is 9.92. The van der Waals surface area contributed by atoms with Gasteiger partial charge < -0.3 is 49.6 Å². The summed E-state index contributed by atoms with van der Waals surface area (Å²) in [7, 11) is 1.96. The summed E-state index contributed by atoms with van der Waals surface area (Å²) < 4.78 is 28.1. The number of likely N-dealkylation sites (tertiary alicyclic amines) is 1. The van der Waals surface area contributed by atoms with Crippen LogP contribution in [0, 0.1) is 17.8 Å². The van der Waals surface area contributed by atoms with Crippen LogP contribution in [-0.4, -0.2) is 182 Å². The molecule has 23 nitrogen and oxygen atoms in total. The Hall–Kier alpha value is -6.05. The minimum Gasteiger partial charge on any atom is -0.508 e. The second-order valence-electron chi connectivity index (χ2n) is 22.0. The van der Waals surface area contributed by atoms with E-state index >= 15 is 0 Å². The van der Waals surface area contributed by atoms with Gasteiger partial charge in [0.05, 0.1) is 45.7 Å². The lowest BCUT2D eigenvalue weighted by Gasteiger charge is -2.40. The first-order chi connectivity index (χ1) is 40.4. The van der Waals surface area contributed by atoms with Crippen molar-refractivity contribution < 1.29 is 67.1 Å². The fourth-order valence-electron chi connectivity index (χ4n) is 9.86. The maximum atomic E-state index is 14.8. The van der Waals surface area contributed by atoms with E-state index in [1.54, 1.807) is 36.6 Å². The Bertz CT molecular complexity index is 2370. The summed E-state index contributed by atoms with van der Waals surface area (Å²) in [5.41, 5.74) is 5.61. The lowest BCUT2D eigenvalue weighted by Crippen LogP contribution is -2.58. The molecule has 0 spiro atoms. The number of amides is 8. The molecule has 2 unspecified atom stereocenters. The molecule has 7 atom stereocenters. The Morgan fingerprint density at radius 1 is 0.810 bits per heavy atom. The molecular formula is C60H95N9O14S. The van der Waals surface area contributed by atoms with Crippen LogP contribution in [0.2, 0.25) is 0 Å². The van der Waals surface area contributed by atoms with Crippen LogP contribution in [0.5, 0.6) is 5.75 Å². The number of likely N-dealkylation sites (N-methyl/N-ethyl adjacent to an activating group) is 1. The van der Waals surface area contributed by atoms with Gasteiger partial charge in [0.15, 0.2) is 0 Å². The van der Waals surface area contributed by atoms with Crippen molar-refractivity contribution in [3.8, 4) is 5.75 Å². The highest BCUT2D eigenvalue weighted by atomic mass is 32.1. The molecule has 8 amide bonds. The number of carbonyl (C=O) groups excluding carboxylic acids is 8. The number of thiazole rings is 1. The number of aromatic nitrogens is 1. The Kier molecular flexibility index (Phi) is 32.5. The lowest BCUT2D eigenvalue weighted by molar-refractivity contribution is -0.143. The summed E-state index contributed by atoms with van der Waals surface area (Å²) in [6, 6.07) is 4.72. The molecule has 0 bridgehead atoms. The van der Waals surface area contributed by atoms with E-state index in [2.05, 4.69) is 45.5 Å². The van der Waals surface area contributed by atoms with Crippen LogP contribution >= 0.6 is 11.3 Å². The van der Waals surface area contributed by atoms with Gasteiger partial charge in [-0.15, -0.1) is 11.3 Å². The van der Waals surface area contributed by atoms with Crippen molar-refractivity contribution in [2.24, 2.45) is 17.8 Å². The van der Waals surface area contributed by atoms with Gasteiger partial charge in [-0.25, -0.2) is 15.2 Å². The number of unbranched alkanes of at least 4 members (excludes halogenated alkanes) is 2. The first kappa shape index (κ1) is 70.4. The zero-order chi connectivity index (χ0) is 61.4. The molecule has 2 aliphatic heterocycles. The number of phenolic OH excluding ortho intramolecular Hbond substituents is 1. The number of carbonyl (C=O) groups is 8. The quantitative estimate of drug-likeness (QED) is 0.0263. The number of piperidine rings is 1. The molecule has 24 heteroatoms. The zero-order valence-corrected chi connectivity index (χ0v) is 51.6. The van der Waals surface area contributed by atoms with Crippen LogP contribution in [0.3, 0.4) is 0 Å². The van der Waals surface area contributed by atoms with Crippen molar-refractivity contribution in [1.29, 1.82) is 0 Å². The van der Waals surface area contributed by atoms with E-state index in [-0.39, 0.29) is 97.7 Å². The molecule has 3 heterocycles. The fraction of sp³-hybridized carbons (Fsp3) is 0.683. The standard InChI is InChI=1S/C60H95N9O14S/c1-9-26-68(59(77)54(42(6)11-3)64-57(76)48-17-14-16-27-67(48)8)49(41(4)5)39-50(82-29-10-2)58-63-47(40-84-58)56(75)62-45(38-44-19-21-46(70)22-20-44)37-43(7)55(74)65-66-60(78)83-36-35-81-34-33-80-32-31-79-30-25-61-51(71)18-13-12-15-28-69-52(72)23-24-53(69)73/h19-24,40-43,45,48-50,54,70H,9-18,25-39H2,1-8H3,(H,61,71)(H,62,75)(H,64,76)(H,65,74)(H,66,78)/t42-,43-,45+,48+,49?,50?,54-/m0/s1. The molecule has 6 N–H and O–H groups in total. The van der Waals surface area contributed by atoms with E-state index < -0.39 is 42.0 Å². The minimum atomic E-state index is -0.896. The van der Waals surface area contributed by atoms with Crippen molar-refractivity contribution in [3.63, 3.8) is 0 Å². The number of phenols is 1. The minimum absolute atomic E-state index is 0.0114. The second kappa shape index (κ2) is 38.8. The Labute approximate surface area is 500 Å². The normalized spacial score (nSPS) is 16.6. The topological polar surface area (TPSA) is 286 Å². The molecule has 4 rings (SSSR count). The Morgan fingerprint density at radius 3 is 2.13 bits per heavy atom. The van der Waals surface area contributed by atoms with Gasteiger partial charge in [0.25, 0.3) is 17.7 Å². The molecule has 2 aliphatic rings. The first-order valence-corrected chi connectivity index (χ1v) is 31.0. The van der Waals surface area contributed by atoms with Crippen LogP contribution in [0.25, 0.3) is 0 Å². The summed E-state index contributed by atoms with van der Waals surface area (Å²) in [5, 5.41) is 21.3. The second-order valence-corrected chi connectivity index (χ2v) is 22.8. The van der Waals surface area contributed by atoms with Crippen molar-refractivity contribution in [1.82, 2.24) is 46.5 Å². The average molecular weight is 1200 g/mol. The predicted octanol–water partition coefficient (Wildman–Crippen LogP) is 5.76. The van der Waals surface area contributed by atoms with Crippen LogP contribution in [0.15, 0.2) is 41.8 Å². The van der Waals surface area contributed by atoms with E-state index in [1.807, 2.05) is 39.6 Å². The number of hydrogen-bond donors (Lipinski definition) is 6. The Balaban J connectivity index is 1.21. The van der Waals surface area contributed by atoms with Gasteiger partial charge in [0.1, 0.15) is 35.2 Å². The van der Waals surface area contributed by atoms with Crippen LogP contribution in [0.4, 0.5) is 4.79 Å². The maximum absolute atomic E-state index is 14.8. The average Bonchev–Trinajstić information content (AvgIpc) is 4.12. The highest BCUT2D eigenvalue weighted by molar-refractivity contribution is 7.09. The van der Waals surface area contributed by atoms with Gasteiger partial charge in [-0.2, -0.15) is 0 Å². The fourth-order valence-corrected chi connectivity index (χ4v) is 10.7. The van der Waals surface area contributed by atoms with Gasteiger partial charge in [-0.1, -0.05) is 79.9 Å². The summed E-state index contributed by atoms with van der Waals surface area (Å²) in [4.78, 5) is 114. The number of nitrogens with one attached hydrogen (secondary N) is 5. The van der Waals surface area contributed by atoms with Gasteiger partial charge in [0, 0.05) is 74.6 Å². The molecular weight excluding hydrogens is 1100 g/mol. The zero-order valence-electron chi connectivity index (χ0n) is 50.8. The highest BCUT2D eigenvalue weighted by Gasteiger charge is 2.38. The van der Waals surface area contributed by atoms with Crippen LogP contribution in [-0.2, 0) is 58.9 Å².